The summed E-state index contributed by atoms with van der Waals surface area (Å²) in [6.07, 6.45) is -0.0751. The van der Waals surface area contributed by atoms with Crippen LogP contribution in [0.5, 0.6) is 0 Å². The first-order chi connectivity index (χ1) is 8.58. The number of aliphatic carboxylic acids is 1. The number of nitrogens with zero attached hydrogens (tertiary/aromatic N) is 4. The first-order valence-electron chi connectivity index (χ1n) is 5.28. The minimum Gasteiger partial charge on any atom is -0.481 e. The summed E-state index contributed by atoms with van der Waals surface area (Å²) in [5, 5.41) is 20.7. The normalized spacial score (nSPS) is 12.3. The first-order valence-corrected chi connectivity index (χ1v) is 6.07. The van der Waals surface area contributed by atoms with Gasteiger partial charge in [-0.1, -0.05) is 34.1 Å². The molecule has 94 valence electrons. The number of hydrogen-bond acceptors (Lipinski definition) is 4. The molecule has 0 aliphatic heterocycles. The van der Waals surface area contributed by atoms with Crippen LogP contribution in [0.1, 0.15) is 23.7 Å². The highest BCUT2D eigenvalue weighted by Crippen LogP contribution is 2.30. The third-order valence-electron chi connectivity index (χ3n) is 2.49. The van der Waals surface area contributed by atoms with Crippen LogP contribution in [0.3, 0.4) is 0 Å². The summed E-state index contributed by atoms with van der Waals surface area (Å²) >= 11 is 3.42. The first kappa shape index (κ1) is 12.7. The number of tetrazole rings is 1. The standard InChI is InChI=1S/C11H11BrN4O2/c1-16-14-11(13-15-16)8(6-10(17)18)7-4-2-3-5-9(7)12/h2-5,8H,6H2,1H3,(H,17,18). The molecule has 6 nitrogen and oxygen atoms in total. The van der Waals surface area contributed by atoms with Crippen molar-refractivity contribution in [3.05, 3.63) is 40.1 Å². The third kappa shape index (κ3) is 2.73. The molecular weight excluding hydrogens is 300 g/mol. The Labute approximate surface area is 112 Å². The smallest absolute Gasteiger partial charge is 0.304 e. The van der Waals surface area contributed by atoms with Crippen LogP contribution >= 0.6 is 15.9 Å². The van der Waals surface area contributed by atoms with E-state index in [4.69, 9.17) is 5.11 Å². The molecule has 0 saturated heterocycles. The van der Waals surface area contributed by atoms with Crippen LogP contribution in [0, 0.1) is 0 Å². The predicted molar refractivity (Wildman–Crippen MR) is 67.0 cm³/mol. The highest BCUT2D eigenvalue weighted by Gasteiger charge is 2.24. The zero-order valence-corrected chi connectivity index (χ0v) is 11.2. The van der Waals surface area contributed by atoms with E-state index in [9.17, 15) is 4.79 Å². The quantitative estimate of drug-likeness (QED) is 0.927. The highest BCUT2D eigenvalue weighted by atomic mass is 79.9. The Morgan fingerprint density at radius 1 is 1.50 bits per heavy atom. The molecule has 0 radical (unpaired) electrons. The lowest BCUT2D eigenvalue weighted by Crippen LogP contribution is -2.10. The maximum Gasteiger partial charge on any atom is 0.304 e. The monoisotopic (exact) mass is 310 g/mol. The zero-order valence-electron chi connectivity index (χ0n) is 9.62. The van der Waals surface area contributed by atoms with E-state index in [1.807, 2.05) is 24.3 Å². The molecule has 1 aromatic heterocycles. The van der Waals surface area contributed by atoms with E-state index in [0.717, 1.165) is 10.0 Å². The molecule has 0 saturated carbocycles. The number of rotatable bonds is 4. The Morgan fingerprint density at radius 3 is 2.78 bits per heavy atom. The van der Waals surface area contributed by atoms with Gasteiger partial charge in [-0.25, -0.2) is 0 Å². The SMILES string of the molecule is Cn1nnc(C(CC(=O)O)c2ccccc2Br)n1. The molecule has 0 aliphatic carbocycles. The van der Waals surface area contributed by atoms with Gasteiger partial charge < -0.3 is 5.11 Å². The molecular formula is C11H11BrN4O2. The number of aromatic nitrogens is 4. The molecule has 0 aliphatic rings. The molecule has 18 heavy (non-hydrogen) atoms. The fourth-order valence-electron chi connectivity index (χ4n) is 1.71. The summed E-state index contributed by atoms with van der Waals surface area (Å²) in [6, 6.07) is 7.44. The molecule has 0 spiro atoms. The second-order valence-corrected chi connectivity index (χ2v) is 4.66. The highest BCUT2D eigenvalue weighted by molar-refractivity contribution is 9.10. The summed E-state index contributed by atoms with van der Waals surface area (Å²) in [6.45, 7) is 0. The summed E-state index contributed by atoms with van der Waals surface area (Å²) in [5.41, 5.74) is 0.841. The number of halogens is 1. The van der Waals surface area contributed by atoms with Gasteiger partial charge in [-0.2, -0.15) is 4.80 Å². The lowest BCUT2D eigenvalue weighted by atomic mass is 9.95. The molecule has 0 amide bonds. The molecule has 1 heterocycles. The van der Waals surface area contributed by atoms with E-state index in [2.05, 4.69) is 31.3 Å². The van der Waals surface area contributed by atoms with Crippen molar-refractivity contribution in [1.82, 2.24) is 20.2 Å². The van der Waals surface area contributed by atoms with Gasteiger partial charge in [0.15, 0.2) is 5.82 Å². The number of carboxylic acids is 1. The topological polar surface area (TPSA) is 80.9 Å². The second-order valence-electron chi connectivity index (χ2n) is 3.81. The minimum absolute atomic E-state index is 0.0751. The zero-order chi connectivity index (χ0) is 13.1. The number of benzene rings is 1. The Balaban J connectivity index is 2.43. The van der Waals surface area contributed by atoms with Gasteiger partial charge in [-0.05, 0) is 16.8 Å². The van der Waals surface area contributed by atoms with Gasteiger partial charge in [0.1, 0.15) is 0 Å². The van der Waals surface area contributed by atoms with Crippen LogP contribution in [-0.2, 0) is 11.8 Å². The predicted octanol–water partition coefficient (Wildman–Crippen LogP) is 1.58. The van der Waals surface area contributed by atoms with Gasteiger partial charge in [0.05, 0.1) is 19.4 Å². The summed E-state index contributed by atoms with van der Waals surface area (Å²) in [5.74, 6) is -0.901. The van der Waals surface area contributed by atoms with Crippen LogP contribution in [0.25, 0.3) is 0 Å². The Morgan fingerprint density at radius 2 is 2.22 bits per heavy atom. The van der Waals surface area contributed by atoms with E-state index >= 15 is 0 Å². The molecule has 1 N–H and O–H groups in total. The largest absolute Gasteiger partial charge is 0.481 e. The van der Waals surface area contributed by atoms with Crippen LogP contribution in [0.4, 0.5) is 0 Å². The van der Waals surface area contributed by atoms with Crippen LogP contribution in [0.15, 0.2) is 28.7 Å². The van der Waals surface area contributed by atoms with Crippen molar-refractivity contribution in [2.45, 2.75) is 12.3 Å². The fraction of sp³-hybridized carbons (Fsp3) is 0.273. The number of carbonyl (C=O) groups is 1. The minimum atomic E-state index is -0.900. The van der Waals surface area contributed by atoms with Gasteiger partial charge in [-0.15, -0.1) is 10.2 Å². The maximum atomic E-state index is 11.0. The Kier molecular flexibility index (Phi) is 3.71. The van der Waals surface area contributed by atoms with Gasteiger partial charge in [0.25, 0.3) is 0 Å². The van der Waals surface area contributed by atoms with Gasteiger partial charge in [0, 0.05) is 4.47 Å². The molecule has 1 atom stereocenters. The number of hydrogen-bond donors (Lipinski definition) is 1. The molecule has 2 aromatic rings. The van der Waals surface area contributed by atoms with Gasteiger partial charge in [-0.3, -0.25) is 4.79 Å². The van der Waals surface area contributed by atoms with E-state index in [0.29, 0.717) is 5.82 Å². The average Bonchev–Trinajstić information content (AvgIpc) is 2.73. The summed E-state index contributed by atoms with van der Waals surface area (Å²) in [7, 11) is 1.65. The van der Waals surface area contributed by atoms with Gasteiger partial charge >= 0.3 is 5.97 Å². The van der Waals surface area contributed by atoms with Crippen molar-refractivity contribution in [3.63, 3.8) is 0 Å². The second kappa shape index (κ2) is 5.26. The molecule has 0 fully saturated rings. The van der Waals surface area contributed by atoms with Crippen molar-refractivity contribution in [2.24, 2.45) is 7.05 Å². The summed E-state index contributed by atoms with van der Waals surface area (Å²) < 4.78 is 0.837. The maximum absolute atomic E-state index is 11.0. The third-order valence-corrected chi connectivity index (χ3v) is 3.22. The lowest BCUT2D eigenvalue weighted by molar-refractivity contribution is -0.137. The number of carboxylic acid groups (broad SMARTS) is 1. The van der Waals surface area contributed by atoms with E-state index < -0.39 is 11.9 Å². The fourth-order valence-corrected chi connectivity index (χ4v) is 2.27. The van der Waals surface area contributed by atoms with Crippen molar-refractivity contribution < 1.29 is 9.90 Å². The summed E-state index contributed by atoms with van der Waals surface area (Å²) in [4.78, 5) is 12.3. The van der Waals surface area contributed by atoms with Crippen molar-refractivity contribution >= 4 is 21.9 Å². The van der Waals surface area contributed by atoms with Gasteiger partial charge in [0.2, 0.25) is 0 Å². The van der Waals surface area contributed by atoms with E-state index in [-0.39, 0.29) is 6.42 Å². The van der Waals surface area contributed by atoms with Crippen LogP contribution in [-0.4, -0.2) is 31.3 Å². The van der Waals surface area contributed by atoms with Crippen molar-refractivity contribution in [3.8, 4) is 0 Å². The van der Waals surface area contributed by atoms with E-state index in [1.54, 1.807) is 7.05 Å². The molecule has 1 unspecified atom stereocenters. The van der Waals surface area contributed by atoms with Crippen LogP contribution < -0.4 is 0 Å². The molecule has 2 rings (SSSR count). The van der Waals surface area contributed by atoms with Crippen molar-refractivity contribution in [2.75, 3.05) is 0 Å². The Hall–Kier alpha value is -1.76. The molecule has 1 aromatic carbocycles. The number of aryl methyl sites for hydroxylation is 1. The lowest BCUT2D eigenvalue weighted by Gasteiger charge is -2.12. The molecule has 0 bridgehead atoms. The average molecular weight is 311 g/mol. The van der Waals surface area contributed by atoms with Crippen molar-refractivity contribution in [1.29, 1.82) is 0 Å². The van der Waals surface area contributed by atoms with E-state index in [1.165, 1.54) is 4.80 Å². The molecule has 7 heteroatoms. The van der Waals surface area contributed by atoms with Crippen LogP contribution in [0.2, 0.25) is 0 Å². The Bertz CT molecular complexity index is 570.